The zero-order chi connectivity index (χ0) is 76.4. The fraction of sp³-hybridized carbons (Fsp3) is 0.425. The molecule has 7 aliphatic rings. The number of hydrogen-bond donors (Lipinski definition) is 1. The summed E-state index contributed by atoms with van der Waals surface area (Å²) in [6.45, 7) is 15.3. The standard InChI is InChI=1S/C35H66N2O2.C21H14N2O4.2C14H8N2O4.3CH4/c1-8-9-10-11-12-13-14-15-16-17-18-19-20-21-22-23-24-28(2)25-31-29(3)32(38)37(33(31)39)30-26-34(4,5)36-35(6,7)27-30;24-18-9-10-19(25)22(18)16-5-1-14(2-6-16)13-15-3-7-17(8-4-15)23-20(26)11-12-21(23)27;17-11-5-6-12(18)15(11)9-1-2-10(4-3-9)16-13(19)7-8-14(16)20;17-13-11-7-6-10(16(19)20)8-12(11)14(18)15(13)9-4-2-1-3-5-9;;;/h28-31,36H,8-27H2,1-7H3;1-12H,13H2;2*1-8H;3*1H4. The number of rotatable bonds is 28. The maximum atomic E-state index is 13.5. The Morgan fingerprint density at radius 3 is 1.12 bits per heavy atom. The minimum atomic E-state index is -0.594. The van der Waals surface area contributed by atoms with Gasteiger partial charge in [0.2, 0.25) is 11.8 Å². The second-order valence-corrected chi connectivity index (χ2v) is 29.5. The molecule has 0 spiro atoms. The molecule has 1 N–H and O–H groups in total. The molecule has 12 amide bonds. The maximum absolute atomic E-state index is 13.5. The van der Waals surface area contributed by atoms with Crippen molar-refractivity contribution in [3.8, 4) is 0 Å². The van der Waals surface area contributed by atoms with Crippen LogP contribution in [0.2, 0.25) is 0 Å². The van der Waals surface area contributed by atoms with Crippen molar-refractivity contribution in [2.45, 2.75) is 223 Å². The first-order valence-corrected chi connectivity index (χ1v) is 37.1. The summed E-state index contributed by atoms with van der Waals surface area (Å²) in [4.78, 5) is 161. The third-order valence-electron chi connectivity index (χ3n) is 20.0. The van der Waals surface area contributed by atoms with Gasteiger partial charge in [0.15, 0.2) is 0 Å². The summed E-state index contributed by atoms with van der Waals surface area (Å²) in [5, 5.41) is 14.4. The van der Waals surface area contributed by atoms with E-state index in [1.54, 1.807) is 59.5 Å². The van der Waals surface area contributed by atoms with Crippen molar-refractivity contribution < 1.29 is 62.5 Å². The maximum Gasteiger partial charge on any atom is 0.270 e. The number of anilines is 5. The third kappa shape index (κ3) is 22.5. The van der Waals surface area contributed by atoms with Gasteiger partial charge in [-0.25, -0.2) is 24.5 Å². The quantitative estimate of drug-likeness (QED) is 0.0211. The van der Waals surface area contributed by atoms with E-state index < -0.39 is 40.4 Å². The van der Waals surface area contributed by atoms with Crippen LogP contribution in [0.1, 0.15) is 231 Å². The molecule has 580 valence electrons. The van der Waals surface area contributed by atoms with Crippen LogP contribution >= 0.6 is 0 Å². The Morgan fingerprint density at radius 2 is 0.761 bits per heavy atom. The monoisotopic (exact) mass is 1490 g/mol. The number of amides is 12. The number of carbonyl (C=O) groups is 12. The van der Waals surface area contributed by atoms with Gasteiger partial charge in [-0.1, -0.05) is 195 Å². The fourth-order valence-electron chi connectivity index (χ4n) is 14.9. The SMILES string of the molecule is C.C.C.CCCCCCCCCCCCCCCCCCC(C)CC1C(=O)N(C2CC(C)(C)NC(C)(C)C2)C(=O)C1C.O=C1C=CC(=O)N1c1ccc(Cc2ccc(N3C(=O)C=CC3=O)cc2)cc1.O=C1C=CC(=O)N1c1ccc(N2C(=O)C=CC2=O)cc1.O=C1c2ccc([N+](=O)[O-])cc2C(=O)N1c1ccccc1. The number of hydrogen-bond acceptors (Lipinski definition) is 15. The Kier molecular flexibility index (Phi) is 31.9. The molecular weight excluding hydrogens is 1380 g/mol. The smallest absolute Gasteiger partial charge is 0.270 e. The molecule has 2 fully saturated rings. The Balaban J connectivity index is 0.000000233. The van der Waals surface area contributed by atoms with Crippen LogP contribution in [-0.2, 0) is 54.4 Å². The largest absolute Gasteiger partial charge is 0.307 e. The van der Waals surface area contributed by atoms with Gasteiger partial charge in [-0.05, 0) is 137 Å². The molecule has 109 heavy (non-hydrogen) atoms. The summed E-state index contributed by atoms with van der Waals surface area (Å²) in [7, 11) is 0. The Bertz CT molecular complexity index is 4020. The molecule has 22 heteroatoms. The summed E-state index contributed by atoms with van der Waals surface area (Å²) >= 11 is 0. The van der Waals surface area contributed by atoms with E-state index in [4.69, 9.17) is 0 Å². The zero-order valence-corrected chi connectivity index (χ0v) is 61.7. The van der Waals surface area contributed by atoms with E-state index in [-0.39, 0.29) is 103 Å². The lowest BCUT2D eigenvalue weighted by Gasteiger charge is -2.48. The molecule has 12 rings (SSSR count). The Hall–Kier alpha value is -10.7. The number of benzene rings is 5. The van der Waals surface area contributed by atoms with Gasteiger partial charge < -0.3 is 5.32 Å². The summed E-state index contributed by atoms with van der Waals surface area (Å²) in [6, 6.07) is 32.6. The van der Waals surface area contributed by atoms with Gasteiger partial charge in [-0.3, -0.25) is 72.5 Å². The van der Waals surface area contributed by atoms with Crippen molar-refractivity contribution in [2.75, 3.05) is 24.5 Å². The van der Waals surface area contributed by atoms with Gasteiger partial charge in [0.25, 0.3) is 64.8 Å². The van der Waals surface area contributed by atoms with Crippen molar-refractivity contribution in [1.82, 2.24) is 10.2 Å². The minimum absolute atomic E-state index is 0. The number of likely N-dealkylation sites (tertiary alicyclic amines) is 1. The first-order chi connectivity index (χ1) is 50.7. The molecule has 7 heterocycles. The molecule has 22 nitrogen and oxygen atoms in total. The Morgan fingerprint density at radius 1 is 0.431 bits per heavy atom. The predicted octanol–water partition coefficient (Wildman–Crippen LogP) is 16.6. The highest BCUT2D eigenvalue weighted by Gasteiger charge is 2.51. The number of para-hydroxylation sites is 1. The zero-order valence-electron chi connectivity index (χ0n) is 61.7. The fourth-order valence-corrected chi connectivity index (χ4v) is 14.9. The van der Waals surface area contributed by atoms with Gasteiger partial charge in [0.05, 0.1) is 50.4 Å². The second-order valence-electron chi connectivity index (χ2n) is 29.5. The van der Waals surface area contributed by atoms with Crippen LogP contribution in [0.3, 0.4) is 0 Å². The molecule has 0 bridgehead atoms. The Labute approximate surface area is 641 Å². The van der Waals surface area contributed by atoms with Crippen LogP contribution < -0.4 is 29.8 Å². The number of carbonyl (C=O) groups excluding carboxylic acids is 12. The molecule has 0 saturated carbocycles. The van der Waals surface area contributed by atoms with Crippen LogP contribution in [0.4, 0.5) is 34.1 Å². The molecule has 7 aliphatic heterocycles. The van der Waals surface area contributed by atoms with E-state index in [2.05, 4.69) is 46.9 Å². The number of nitro groups is 1. The molecule has 3 atom stereocenters. The number of unbranched alkanes of at least 4 members (excludes halogenated alkanes) is 15. The summed E-state index contributed by atoms with van der Waals surface area (Å²) < 4.78 is 0. The van der Waals surface area contributed by atoms with E-state index in [1.165, 1.54) is 194 Å². The topological polar surface area (TPSA) is 279 Å². The van der Waals surface area contributed by atoms with Crippen molar-refractivity contribution >= 4 is 105 Å². The van der Waals surface area contributed by atoms with Crippen molar-refractivity contribution in [1.29, 1.82) is 0 Å². The molecular formula is C87H108N8O14. The number of nitrogens with zero attached hydrogens (tertiary/aromatic N) is 7. The van der Waals surface area contributed by atoms with Crippen LogP contribution in [0.25, 0.3) is 0 Å². The predicted molar refractivity (Wildman–Crippen MR) is 426 cm³/mol. The van der Waals surface area contributed by atoms with Crippen molar-refractivity contribution in [3.05, 3.63) is 202 Å². The van der Waals surface area contributed by atoms with E-state index in [0.29, 0.717) is 40.8 Å². The number of imide groups is 6. The number of nitrogens with one attached hydrogen (secondary N) is 1. The van der Waals surface area contributed by atoms with Crippen LogP contribution in [0, 0.1) is 27.9 Å². The molecule has 0 radical (unpaired) electrons. The highest BCUT2D eigenvalue weighted by Crippen LogP contribution is 2.40. The van der Waals surface area contributed by atoms with Crippen LogP contribution in [0.15, 0.2) is 170 Å². The lowest BCUT2D eigenvalue weighted by atomic mass is 9.79. The minimum Gasteiger partial charge on any atom is -0.307 e. The van der Waals surface area contributed by atoms with E-state index >= 15 is 0 Å². The van der Waals surface area contributed by atoms with Gasteiger partial charge >= 0.3 is 0 Å². The number of piperidine rings is 1. The first-order valence-electron chi connectivity index (χ1n) is 37.1. The summed E-state index contributed by atoms with van der Waals surface area (Å²) in [6.07, 6.45) is 36.4. The number of non-ortho nitro benzene ring substituents is 1. The normalized spacial score (nSPS) is 18.3. The highest BCUT2D eigenvalue weighted by atomic mass is 16.6. The van der Waals surface area contributed by atoms with Crippen molar-refractivity contribution in [2.24, 2.45) is 17.8 Å². The average molecular weight is 1490 g/mol. The number of nitro benzene ring substituents is 1. The lowest BCUT2D eigenvalue weighted by molar-refractivity contribution is -0.384. The molecule has 5 aromatic carbocycles. The molecule has 2 saturated heterocycles. The molecule has 0 aliphatic carbocycles. The van der Waals surface area contributed by atoms with E-state index in [9.17, 15) is 67.6 Å². The van der Waals surface area contributed by atoms with Gasteiger partial charge in [-0.2, -0.15) is 0 Å². The lowest BCUT2D eigenvalue weighted by Crippen LogP contribution is -2.63. The molecule has 5 aromatic rings. The summed E-state index contributed by atoms with van der Waals surface area (Å²) in [5.41, 5.74) is 4.20. The average Bonchev–Trinajstić information content (AvgIpc) is 1.68. The van der Waals surface area contributed by atoms with Crippen LogP contribution in [-0.4, -0.2) is 97.8 Å². The van der Waals surface area contributed by atoms with Gasteiger partial charge in [-0.15, -0.1) is 0 Å². The first kappa shape index (κ1) is 87.2. The third-order valence-corrected chi connectivity index (χ3v) is 20.0. The van der Waals surface area contributed by atoms with Crippen LogP contribution in [0.5, 0.6) is 0 Å². The van der Waals surface area contributed by atoms with E-state index in [1.807, 2.05) is 31.2 Å². The van der Waals surface area contributed by atoms with Gasteiger partial charge in [0, 0.05) is 83.8 Å². The number of fused-ring (bicyclic) bond motifs is 1. The molecule has 3 unspecified atom stereocenters. The highest BCUT2D eigenvalue weighted by molar-refractivity contribution is 6.35. The summed E-state index contributed by atoms with van der Waals surface area (Å²) in [5.74, 6) is -3.69. The second kappa shape index (κ2) is 39.9. The van der Waals surface area contributed by atoms with E-state index in [0.717, 1.165) is 61.0 Å². The molecule has 0 aromatic heterocycles. The van der Waals surface area contributed by atoms with Gasteiger partial charge in [0.1, 0.15) is 0 Å². The van der Waals surface area contributed by atoms with Crippen molar-refractivity contribution in [3.63, 3.8) is 0 Å².